The molecule has 0 aliphatic carbocycles. The fourth-order valence-corrected chi connectivity index (χ4v) is 4.36. The number of ketones is 1. The highest BCUT2D eigenvalue weighted by Gasteiger charge is 2.30. The Labute approximate surface area is 194 Å². The molecule has 7 nitrogen and oxygen atoms in total. The van der Waals surface area contributed by atoms with Crippen LogP contribution in [0.2, 0.25) is 0 Å². The van der Waals surface area contributed by atoms with Crippen LogP contribution in [0.25, 0.3) is 0 Å². The number of Topliss-reactive ketones (excluding diaryl/α,β-unsaturated/α-hetero) is 1. The molecule has 0 aromatic heterocycles. The second-order valence-electron chi connectivity index (χ2n) is 9.04. The Morgan fingerprint density at radius 3 is 2.18 bits per heavy atom. The van der Waals surface area contributed by atoms with E-state index in [1.54, 1.807) is 22.8 Å². The summed E-state index contributed by atoms with van der Waals surface area (Å²) in [6.07, 6.45) is 0. The van der Waals surface area contributed by atoms with E-state index in [1.165, 1.54) is 0 Å². The Bertz CT molecular complexity index is 1080. The van der Waals surface area contributed by atoms with Gasteiger partial charge in [-0.25, -0.2) is 4.79 Å². The third-order valence-corrected chi connectivity index (χ3v) is 6.10. The number of hydrogen-bond acceptors (Lipinski definition) is 4. The van der Waals surface area contributed by atoms with Crippen LogP contribution in [0.15, 0.2) is 53.5 Å². The molecule has 0 N–H and O–H groups in total. The molecule has 172 valence electrons. The first-order chi connectivity index (χ1) is 15.8. The van der Waals surface area contributed by atoms with Gasteiger partial charge in [0.1, 0.15) is 0 Å². The first-order valence-corrected chi connectivity index (χ1v) is 11.4. The number of amides is 3. The van der Waals surface area contributed by atoms with Gasteiger partial charge in [-0.05, 0) is 43.2 Å². The summed E-state index contributed by atoms with van der Waals surface area (Å²) in [6.45, 7) is 9.22. The normalized spacial score (nSPS) is 17.5. The lowest BCUT2D eigenvalue weighted by Gasteiger charge is -2.35. The van der Waals surface area contributed by atoms with Gasteiger partial charge in [0.15, 0.2) is 5.78 Å². The fourth-order valence-electron chi connectivity index (χ4n) is 4.36. The minimum atomic E-state index is -0.259. The molecule has 33 heavy (non-hydrogen) atoms. The molecule has 4 rings (SSSR count). The van der Waals surface area contributed by atoms with E-state index in [0.717, 1.165) is 11.3 Å². The Morgan fingerprint density at radius 2 is 1.58 bits per heavy atom. The molecule has 0 atom stereocenters. The summed E-state index contributed by atoms with van der Waals surface area (Å²) in [7, 11) is 0. The van der Waals surface area contributed by atoms with E-state index in [1.807, 2.05) is 42.5 Å². The van der Waals surface area contributed by atoms with Crippen LogP contribution in [0.1, 0.15) is 47.1 Å². The highest BCUT2D eigenvalue weighted by molar-refractivity contribution is 6.18. The van der Waals surface area contributed by atoms with Crippen molar-refractivity contribution in [2.75, 3.05) is 44.2 Å². The minimum Gasteiger partial charge on any atom is -0.368 e. The van der Waals surface area contributed by atoms with Crippen LogP contribution >= 0.6 is 0 Å². The number of hydrogen-bond donors (Lipinski definition) is 0. The topological polar surface area (TPSA) is 73.3 Å². The molecule has 0 bridgehead atoms. The summed E-state index contributed by atoms with van der Waals surface area (Å²) >= 11 is 0. The summed E-state index contributed by atoms with van der Waals surface area (Å²) in [6, 6.07) is 14.7. The van der Waals surface area contributed by atoms with E-state index < -0.39 is 0 Å². The Balaban J connectivity index is 1.46. The van der Waals surface area contributed by atoms with Gasteiger partial charge in [-0.2, -0.15) is 4.99 Å². The zero-order valence-electron chi connectivity index (χ0n) is 19.5. The molecule has 2 aromatic carbocycles. The van der Waals surface area contributed by atoms with Gasteiger partial charge < -0.3 is 14.7 Å². The zero-order chi connectivity index (χ0) is 23.5. The van der Waals surface area contributed by atoms with Gasteiger partial charge in [0.05, 0.1) is 12.3 Å². The first kappa shape index (κ1) is 22.7. The lowest BCUT2D eigenvalue weighted by atomic mass is 9.96. The molecule has 7 heteroatoms. The van der Waals surface area contributed by atoms with Gasteiger partial charge in [-0.1, -0.05) is 32.0 Å². The van der Waals surface area contributed by atoms with Crippen molar-refractivity contribution in [2.45, 2.75) is 20.8 Å². The van der Waals surface area contributed by atoms with E-state index in [4.69, 9.17) is 0 Å². The van der Waals surface area contributed by atoms with Crippen molar-refractivity contribution in [3.63, 3.8) is 0 Å². The van der Waals surface area contributed by atoms with Crippen molar-refractivity contribution in [2.24, 2.45) is 10.9 Å². The Morgan fingerprint density at radius 1 is 0.939 bits per heavy atom. The number of nitrogens with zero attached hydrogens (tertiary/aromatic N) is 4. The molecule has 0 unspecified atom stereocenters. The number of anilines is 1. The molecule has 2 aliphatic heterocycles. The Hall–Kier alpha value is -3.48. The molecule has 2 aliphatic rings. The summed E-state index contributed by atoms with van der Waals surface area (Å²) in [4.78, 5) is 47.6. The highest BCUT2D eigenvalue weighted by atomic mass is 16.2. The maximum Gasteiger partial charge on any atom is 0.343 e. The van der Waals surface area contributed by atoms with E-state index in [9.17, 15) is 14.4 Å². The third-order valence-electron chi connectivity index (χ3n) is 6.10. The molecule has 1 saturated heterocycles. The maximum atomic E-state index is 13.0. The van der Waals surface area contributed by atoms with Crippen LogP contribution in [0.4, 0.5) is 10.5 Å². The first-order valence-electron chi connectivity index (χ1n) is 11.4. The van der Waals surface area contributed by atoms with Crippen LogP contribution < -0.4 is 4.90 Å². The summed E-state index contributed by atoms with van der Waals surface area (Å²) in [5, 5.41) is 0. The van der Waals surface area contributed by atoms with E-state index in [0.29, 0.717) is 62.0 Å². The number of fused-ring (bicyclic) bond motifs is 1. The van der Waals surface area contributed by atoms with Crippen molar-refractivity contribution in [1.29, 1.82) is 0 Å². The van der Waals surface area contributed by atoms with E-state index in [-0.39, 0.29) is 17.7 Å². The quantitative estimate of drug-likeness (QED) is 0.671. The highest BCUT2D eigenvalue weighted by Crippen LogP contribution is 2.22. The zero-order valence-corrected chi connectivity index (χ0v) is 19.5. The molecular weight excluding hydrogens is 416 g/mol. The van der Waals surface area contributed by atoms with E-state index >= 15 is 0 Å². The monoisotopic (exact) mass is 446 g/mol. The number of carbonyl (C=O) groups is 3. The molecule has 0 spiro atoms. The van der Waals surface area contributed by atoms with Crippen molar-refractivity contribution >= 4 is 29.1 Å². The smallest absolute Gasteiger partial charge is 0.343 e. The SMILES string of the molecule is CC(=O)c1ccc(N2CCN(C(=O)N=C3CN(CC(C)C)C(=O)c4ccccc43)CC2)cc1. The van der Waals surface area contributed by atoms with Gasteiger partial charge >= 0.3 is 6.03 Å². The molecule has 0 saturated carbocycles. The van der Waals surface area contributed by atoms with Gasteiger partial charge in [-0.3, -0.25) is 9.59 Å². The molecule has 0 radical (unpaired) electrons. The number of piperazine rings is 1. The Kier molecular flexibility index (Phi) is 6.58. The van der Waals surface area contributed by atoms with Gasteiger partial charge in [0, 0.05) is 55.1 Å². The second-order valence-corrected chi connectivity index (χ2v) is 9.04. The minimum absolute atomic E-state index is 0.00453. The molecule has 2 heterocycles. The predicted molar refractivity (Wildman–Crippen MR) is 129 cm³/mol. The van der Waals surface area contributed by atoms with Gasteiger partial charge in [-0.15, -0.1) is 0 Å². The van der Waals surface area contributed by atoms with Crippen LogP contribution in [0, 0.1) is 5.92 Å². The average Bonchev–Trinajstić information content (AvgIpc) is 2.82. The molecule has 3 amide bonds. The summed E-state index contributed by atoms with van der Waals surface area (Å²) < 4.78 is 0. The number of benzene rings is 2. The largest absolute Gasteiger partial charge is 0.368 e. The van der Waals surface area contributed by atoms with Crippen LogP contribution in [0.5, 0.6) is 0 Å². The van der Waals surface area contributed by atoms with Crippen molar-refractivity contribution in [3.8, 4) is 0 Å². The molecule has 2 aromatic rings. The van der Waals surface area contributed by atoms with Crippen LogP contribution in [0.3, 0.4) is 0 Å². The number of urea groups is 1. The number of rotatable bonds is 4. The number of carbonyl (C=O) groups excluding carboxylic acids is 3. The lowest BCUT2D eigenvalue weighted by molar-refractivity contribution is 0.0755. The standard InChI is InChI=1S/C26H30N4O3/c1-18(2)16-30-17-24(22-6-4-5-7-23(22)25(30)32)27-26(33)29-14-12-28(13-15-29)21-10-8-20(9-11-21)19(3)31/h4-11,18H,12-17H2,1-3H3. The fraction of sp³-hybridized carbons (Fsp3) is 0.385. The second kappa shape index (κ2) is 9.57. The summed E-state index contributed by atoms with van der Waals surface area (Å²) in [5.41, 5.74) is 3.75. The maximum absolute atomic E-state index is 13.0. The van der Waals surface area contributed by atoms with Gasteiger partial charge in [0.25, 0.3) is 5.91 Å². The van der Waals surface area contributed by atoms with Gasteiger partial charge in [0.2, 0.25) is 0 Å². The predicted octanol–water partition coefficient (Wildman–Crippen LogP) is 3.73. The van der Waals surface area contributed by atoms with Crippen LogP contribution in [-0.4, -0.2) is 72.5 Å². The van der Waals surface area contributed by atoms with Crippen molar-refractivity contribution < 1.29 is 14.4 Å². The lowest BCUT2D eigenvalue weighted by Crippen LogP contribution is -2.49. The molecule has 1 fully saturated rings. The van der Waals surface area contributed by atoms with Crippen LogP contribution in [-0.2, 0) is 0 Å². The van der Waals surface area contributed by atoms with Crippen molar-refractivity contribution in [1.82, 2.24) is 9.80 Å². The van der Waals surface area contributed by atoms with Crippen molar-refractivity contribution in [3.05, 3.63) is 65.2 Å². The summed E-state index contributed by atoms with van der Waals surface area (Å²) in [5.74, 6) is 0.373. The average molecular weight is 447 g/mol. The molecular formula is C26H30N4O3. The number of aliphatic imine (C=N–C) groups is 1. The third kappa shape index (κ3) is 4.97. The van der Waals surface area contributed by atoms with E-state index in [2.05, 4.69) is 23.7 Å².